The summed E-state index contributed by atoms with van der Waals surface area (Å²) in [6.07, 6.45) is 5.76. The predicted octanol–water partition coefficient (Wildman–Crippen LogP) is 2.62. The minimum Gasteiger partial charge on any atom is -0.376 e. The molecule has 146 valence electrons. The minimum absolute atomic E-state index is 0.120. The van der Waals surface area contributed by atoms with E-state index in [0.717, 1.165) is 25.0 Å². The van der Waals surface area contributed by atoms with Gasteiger partial charge in [-0.2, -0.15) is 0 Å². The number of hydrogen-bond acceptors (Lipinski definition) is 4. The number of ether oxygens (including phenoxy) is 1. The van der Waals surface area contributed by atoms with Gasteiger partial charge in [0.1, 0.15) is 0 Å². The molecular formula is C21H24N4O3. The normalized spacial score (nSPS) is 19.1. The van der Waals surface area contributed by atoms with Crippen LogP contribution in [-0.4, -0.2) is 54.2 Å². The van der Waals surface area contributed by atoms with Crippen molar-refractivity contribution in [1.82, 2.24) is 15.2 Å². The van der Waals surface area contributed by atoms with E-state index in [9.17, 15) is 9.59 Å². The zero-order valence-corrected chi connectivity index (χ0v) is 15.6. The molecule has 7 heteroatoms. The van der Waals surface area contributed by atoms with Gasteiger partial charge in [-0.25, -0.2) is 4.79 Å². The van der Waals surface area contributed by atoms with Gasteiger partial charge in [0.05, 0.1) is 6.10 Å². The number of nitrogens with one attached hydrogen (secondary N) is 2. The molecule has 0 aliphatic carbocycles. The maximum atomic E-state index is 12.3. The molecule has 2 aromatic rings. The number of amides is 3. The smallest absolute Gasteiger partial charge is 0.321 e. The van der Waals surface area contributed by atoms with E-state index >= 15 is 0 Å². The van der Waals surface area contributed by atoms with Crippen LogP contribution in [0.1, 0.15) is 34.7 Å². The van der Waals surface area contributed by atoms with Crippen LogP contribution in [0.4, 0.5) is 10.5 Å². The lowest BCUT2D eigenvalue weighted by Gasteiger charge is -2.39. The Morgan fingerprint density at radius 2 is 2.00 bits per heavy atom. The van der Waals surface area contributed by atoms with Gasteiger partial charge in [-0.3, -0.25) is 9.78 Å². The van der Waals surface area contributed by atoms with Crippen molar-refractivity contribution in [2.24, 2.45) is 0 Å². The number of rotatable bonds is 5. The highest BCUT2D eigenvalue weighted by Crippen LogP contribution is 2.26. The van der Waals surface area contributed by atoms with Crippen molar-refractivity contribution in [3.8, 4) is 0 Å². The molecule has 0 bridgehead atoms. The summed E-state index contributed by atoms with van der Waals surface area (Å²) in [6.45, 7) is 2.67. The highest BCUT2D eigenvalue weighted by Gasteiger charge is 2.31. The molecule has 2 fully saturated rings. The highest BCUT2D eigenvalue weighted by atomic mass is 16.5. The standard InChI is InChI=1S/C21H24N4O3/c26-20(23-12-19-4-2-10-28-19)15-5-7-18(8-6-15)24-21(27)25-13-17(14-25)16-3-1-9-22-11-16/h1,3,5-9,11,17,19H,2,4,10,12-14H2,(H,23,26)(H,24,27)/t19-/m0/s1. The molecule has 4 rings (SSSR count). The fourth-order valence-electron chi connectivity index (χ4n) is 3.49. The molecule has 3 heterocycles. The first-order valence-electron chi connectivity index (χ1n) is 9.65. The van der Waals surface area contributed by atoms with Crippen molar-refractivity contribution in [3.05, 3.63) is 59.9 Å². The summed E-state index contributed by atoms with van der Waals surface area (Å²) < 4.78 is 5.51. The molecule has 0 spiro atoms. The molecule has 1 aromatic carbocycles. The van der Waals surface area contributed by atoms with Crippen molar-refractivity contribution >= 4 is 17.6 Å². The molecule has 1 aromatic heterocycles. The van der Waals surface area contributed by atoms with E-state index in [2.05, 4.69) is 15.6 Å². The highest BCUT2D eigenvalue weighted by molar-refractivity contribution is 5.95. The number of anilines is 1. The Morgan fingerprint density at radius 1 is 1.18 bits per heavy atom. The number of pyridine rings is 1. The van der Waals surface area contributed by atoms with Crippen molar-refractivity contribution in [1.29, 1.82) is 0 Å². The lowest BCUT2D eigenvalue weighted by molar-refractivity contribution is 0.0858. The Hall–Kier alpha value is -2.93. The number of carbonyl (C=O) groups is 2. The molecule has 1 atom stereocenters. The average Bonchev–Trinajstić information content (AvgIpc) is 3.20. The number of aromatic nitrogens is 1. The maximum Gasteiger partial charge on any atom is 0.321 e. The zero-order valence-electron chi connectivity index (χ0n) is 15.6. The summed E-state index contributed by atoms with van der Waals surface area (Å²) in [5.74, 6) is 0.213. The van der Waals surface area contributed by atoms with Crippen LogP contribution in [-0.2, 0) is 4.74 Å². The summed E-state index contributed by atoms with van der Waals surface area (Å²) in [5.41, 5.74) is 2.40. The van der Waals surface area contributed by atoms with Crippen LogP contribution in [0.2, 0.25) is 0 Å². The summed E-state index contributed by atoms with van der Waals surface area (Å²) in [5, 5.41) is 5.77. The number of likely N-dealkylation sites (tertiary alicyclic amines) is 1. The summed E-state index contributed by atoms with van der Waals surface area (Å²) in [6, 6.07) is 10.8. The van der Waals surface area contributed by atoms with Crippen molar-refractivity contribution in [2.75, 3.05) is 31.6 Å². The predicted molar refractivity (Wildman–Crippen MR) is 105 cm³/mol. The Kier molecular flexibility index (Phi) is 5.53. The molecule has 7 nitrogen and oxygen atoms in total. The Morgan fingerprint density at radius 3 is 2.68 bits per heavy atom. The van der Waals surface area contributed by atoms with Crippen molar-refractivity contribution < 1.29 is 14.3 Å². The first-order chi connectivity index (χ1) is 13.7. The zero-order chi connectivity index (χ0) is 19.3. The molecule has 2 N–H and O–H groups in total. The van der Waals surface area contributed by atoms with Crippen LogP contribution in [0, 0.1) is 0 Å². The fourth-order valence-corrected chi connectivity index (χ4v) is 3.49. The van der Waals surface area contributed by atoms with Gasteiger partial charge >= 0.3 is 6.03 Å². The van der Waals surface area contributed by atoms with Gasteiger partial charge in [-0.05, 0) is 48.7 Å². The summed E-state index contributed by atoms with van der Waals surface area (Å²) in [4.78, 5) is 30.4. The lowest BCUT2D eigenvalue weighted by Crippen LogP contribution is -2.50. The van der Waals surface area contributed by atoms with Crippen molar-refractivity contribution in [3.63, 3.8) is 0 Å². The van der Waals surface area contributed by atoms with Gasteiger partial charge in [-0.1, -0.05) is 6.07 Å². The third-order valence-electron chi connectivity index (χ3n) is 5.24. The minimum atomic E-state index is -0.129. The number of urea groups is 1. The van der Waals surface area contributed by atoms with E-state index in [1.807, 2.05) is 18.3 Å². The molecule has 28 heavy (non-hydrogen) atoms. The van der Waals surface area contributed by atoms with E-state index in [4.69, 9.17) is 4.74 Å². The molecule has 3 amide bonds. The molecule has 0 saturated carbocycles. The first kappa shape index (κ1) is 18.4. The van der Waals surface area contributed by atoms with E-state index in [0.29, 0.717) is 36.8 Å². The van der Waals surface area contributed by atoms with Crippen LogP contribution in [0.5, 0.6) is 0 Å². The van der Waals surface area contributed by atoms with E-state index in [1.165, 1.54) is 0 Å². The number of nitrogens with zero attached hydrogens (tertiary/aromatic N) is 2. The first-order valence-corrected chi connectivity index (χ1v) is 9.65. The van der Waals surface area contributed by atoms with Gasteiger partial charge in [0, 0.05) is 55.8 Å². The molecule has 2 saturated heterocycles. The number of carbonyl (C=O) groups excluding carboxylic acids is 2. The van der Waals surface area contributed by atoms with Crippen LogP contribution < -0.4 is 10.6 Å². The Balaban J connectivity index is 1.24. The number of hydrogen-bond donors (Lipinski definition) is 2. The van der Waals surface area contributed by atoms with E-state index in [1.54, 1.807) is 35.4 Å². The summed E-state index contributed by atoms with van der Waals surface area (Å²) >= 11 is 0. The van der Waals surface area contributed by atoms with Crippen LogP contribution in [0.3, 0.4) is 0 Å². The molecule has 2 aliphatic rings. The van der Waals surface area contributed by atoms with Crippen molar-refractivity contribution in [2.45, 2.75) is 24.9 Å². The molecule has 0 radical (unpaired) electrons. The Bertz CT molecular complexity index is 813. The monoisotopic (exact) mass is 380 g/mol. The van der Waals surface area contributed by atoms with E-state index < -0.39 is 0 Å². The third-order valence-corrected chi connectivity index (χ3v) is 5.24. The fraction of sp³-hybridized carbons (Fsp3) is 0.381. The Labute approximate surface area is 164 Å². The van der Waals surface area contributed by atoms with Crippen LogP contribution in [0.15, 0.2) is 48.8 Å². The van der Waals surface area contributed by atoms with Gasteiger partial charge in [0.15, 0.2) is 0 Å². The maximum absolute atomic E-state index is 12.3. The van der Waals surface area contributed by atoms with Crippen LogP contribution in [0.25, 0.3) is 0 Å². The third kappa shape index (κ3) is 4.31. The molecular weight excluding hydrogens is 356 g/mol. The second-order valence-electron chi connectivity index (χ2n) is 7.24. The van der Waals surface area contributed by atoms with Gasteiger partial charge < -0.3 is 20.3 Å². The van der Waals surface area contributed by atoms with Gasteiger partial charge in [0.2, 0.25) is 0 Å². The van der Waals surface area contributed by atoms with Gasteiger partial charge in [0.25, 0.3) is 5.91 Å². The van der Waals surface area contributed by atoms with Gasteiger partial charge in [-0.15, -0.1) is 0 Å². The van der Waals surface area contributed by atoms with E-state index in [-0.39, 0.29) is 18.0 Å². The average molecular weight is 380 g/mol. The number of benzene rings is 1. The summed E-state index contributed by atoms with van der Waals surface area (Å²) in [7, 11) is 0. The molecule has 0 unspecified atom stereocenters. The second-order valence-corrected chi connectivity index (χ2v) is 7.24. The molecule has 2 aliphatic heterocycles. The topological polar surface area (TPSA) is 83.6 Å². The SMILES string of the molecule is O=C(NC[C@@H]1CCCO1)c1ccc(NC(=O)N2CC(c3cccnc3)C2)cc1. The lowest BCUT2D eigenvalue weighted by atomic mass is 9.93. The quantitative estimate of drug-likeness (QED) is 0.835. The largest absolute Gasteiger partial charge is 0.376 e. The van der Waals surface area contributed by atoms with Crippen LogP contribution >= 0.6 is 0 Å². The second kappa shape index (κ2) is 8.39.